The van der Waals surface area contributed by atoms with Crippen LogP contribution in [0, 0.1) is 13.8 Å². The fourth-order valence-electron chi connectivity index (χ4n) is 1.69. The molecule has 2 rings (SSSR count). The highest BCUT2D eigenvalue weighted by Gasteiger charge is 2.10. The van der Waals surface area contributed by atoms with E-state index >= 15 is 0 Å². The summed E-state index contributed by atoms with van der Waals surface area (Å²) in [4.78, 5) is 9.63. The van der Waals surface area contributed by atoms with Crippen LogP contribution in [0.2, 0.25) is 0 Å². The predicted octanol–water partition coefficient (Wildman–Crippen LogP) is 2.30. The van der Waals surface area contributed by atoms with Gasteiger partial charge in [-0.25, -0.2) is 4.98 Å². The molecule has 0 saturated carbocycles. The highest BCUT2D eigenvalue weighted by atomic mass is 32.1. The summed E-state index contributed by atoms with van der Waals surface area (Å²) in [6, 6.07) is 3.86. The number of thiazole rings is 1. The van der Waals surface area contributed by atoms with E-state index in [0.29, 0.717) is 12.8 Å². The Morgan fingerprint density at radius 3 is 2.53 bits per heavy atom. The Morgan fingerprint density at radius 1 is 1.24 bits per heavy atom. The molecule has 2 heterocycles. The van der Waals surface area contributed by atoms with Crippen LogP contribution >= 0.6 is 11.3 Å². The number of aliphatic hydroxyl groups excluding tert-OH is 1. The number of aryl methyl sites for hydroxylation is 2. The van der Waals surface area contributed by atoms with Crippen molar-refractivity contribution < 1.29 is 5.11 Å². The third-order valence-electron chi connectivity index (χ3n) is 2.70. The van der Waals surface area contributed by atoms with Crippen LogP contribution < -0.4 is 0 Å². The summed E-state index contributed by atoms with van der Waals surface area (Å²) in [6.07, 6.45) is 4.41. The summed E-state index contributed by atoms with van der Waals surface area (Å²) < 4.78 is 0. The Balaban J connectivity index is 1.95. The molecule has 3 nitrogen and oxygen atoms in total. The van der Waals surface area contributed by atoms with Gasteiger partial charge in [0.15, 0.2) is 0 Å². The molecule has 0 radical (unpaired) electrons. The third-order valence-corrected chi connectivity index (χ3v) is 3.80. The molecule has 0 aliphatic rings. The summed E-state index contributed by atoms with van der Waals surface area (Å²) in [7, 11) is 0. The Hall–Kier alpha value is -1.26. The molecule has 4 heteroatoms. The van der Waals surface area contributed by atoms with Gasteiger partial charge in [0.1, 0.15) is 0 Å². The van der Waals surface area contributed by atoms with Crippen molar-refractivity contribution in [2.24, 2.45) is 0 Å². The Bertz CT molecular complexity index is 462. The molecule has 1 unspecified atom stereocenters. The maximum absolute atomic E-state index is 10.0. The van der Waals surface area contributed by atoms with Gasteiger partial charge in [-0.2, -0.15) is 0 Å². The van der Waals surface area contributed by atoms with Crippen LogP contribution in [0.5, 0.6) is 0 Å². The van der Waals surface area contributed by atoms with Crippen LogP contribution in [0.3, 0.4) is 0 Å². The minimum atomic E-state index is -0.373. The molecule has 0 aliphatic carbocycles. The predicted molar refractivity (Wildman–Crippen MR) is 69.2 cm³/mol. The number of aromatic nitrogens is 2. The lowest BCUT2D eigenvalue weighted by molar-refractivity contribution is 0.175. The molecule has 0 aliphatic heterocycles. The number of rotatable bonds is 4. The van der Waals surface area contributed by atoms with Gasteiger partial charge in [0.25, 0.3) is 0 Å². The van der Waals surface area contributed by atoms with E-state index in [-0.39, 0.29) is 6.10 Å². The summed E-state index contributed by atoms with van der Waals surface area (Å²) in [5.41, 5.74) is 2.18. The number of hydrogen-bond donors (Lipinski definition) is 1. The molecule has 0 fully saturated rings. The van der Waals surface area contributed by atoms with Crippen LogP contribution in [-0.4, -0.2) is 21.2 Å². The molecule has 0 spiro atoms. The standard InChI is InChI=1S/C13H16N2OS/c1-9-10(2)17-13(15-9)8-12(16)7-11-3-5-14-6-4-11/h3-6,12,16H,7-8H2,1-2H3. The maximum Gasteiger partial charge on any atom is 0.0956 e. The van der Waals surface area contributed by atoms with E-state index in [1.54, 1.807) is 23.7 Å². The second-order valence-electron chi connectivity index (χ2n) is 4.17. The SMILES string of the molecule is Cc1nc(CC(O)Cc2ccncc2)sc1C. The minimum Gasteiger partial charge on any atom is -0.392 e. The van der Waals surface area contributed by atoms with E-state index in [1.165, 1.54) is 4.88 Å². The second-order valence-corrected chi connectivity index (χ2v) is 5.45. The smallest absolute Gasteiger partial charge is 0.0956 e. The Kier molecular flexibility index (Phi) is 3.86. The number of aliphatic hydroxyl groups is 1. The molecule has 0 aromatic carbocycles. The number of nitrogens with zero attached hydrogens (tertiary/aromatic N) is 2. The molecule has 17 heavy (non-hydrogen) atoms. The van der Waals surface area contributed by atoms with E-state index in [1.807, 2.05) is 19.1 Å². The van der Waals surface area contributed by atoms with E-state index in [4.69, 9.17) is 0 Å². The van der Waals surface area contributed by atoms with Gasteiger partial charge in [-0.05, 0) is 38.0 Å². The van der Waals surface area contributed by atoms with Gasteiger partial charge in [-0.15, -0.1) is 11.3 Å². The van der Waals surface area contributed by atoms with Gasteiger partial charge in [0, 0.05) is 23.7 Å². The van der Waals surface area contributed by atoms with Crippen molar-refractivity contribution in [3.8, 4) is 0 Å². The van der Waals surface area contributed by atoms with Crippen molar-refractivity contribution in [1.82, 2.24) is 9.97 Å². The first-order valence-corrected chi connectivity index (χ1v) is 6.46. The highest BCUT2D eigenvalue weighted by Crippen LogP contribution is 2.18. The Labute approximate surface area is 105 Å². The normalized spacial score (nSPS) is 12.6. The van der Waals surface area contributed by atoms with Crippen LogP contribution in [-0.2, 0) is 12.8 Å². The zero-order chi connectivity index (χ0) is 12.3. The minimum absolute atomic E-state index is 0.373. The quantitative estimate of drug-likeness (QED) is 0.903. The monoisotopic (exact) mass is 248 g/mol. The second kappa shape index (κ2) is 5.38. The zero-order valence-corrected chi connectivity index (χ0v) is 10.9. The van der Waals surface area contributed by atoms with Gasteiger partial charge in [0.2, 0.25) is 0 Å². The van der Waals surface area contributed by atoms with Crippen molar-refractivity contribution in [2.75, 3.05) is 0 Å². The molecule has 0 saturated heterocycles. The lowest BCUT2D eigenvalue weighted by atomic mass is 10.1. The molecule has 1 atom stereocenters. The van der Waals surface area contributed by atoms with Crippen LogP contribution in [0.25, 0.3) is 0 Å². The summed E-state index contributed by atoms with van der Waals surface area (Å²) in [6.45, 7) is 4.07. The molecule has 2 aromatic heterocycles. The van der Waals surface area contributed by atoms with Crippen molar-refractivity contribution in [2.45, 2.75) is 32.8 Å². The van der Waals surface area contributed by atoms with Gasteiger partial charge in [0.05, 0.1) is 16.8 Å². The molecule has 90 valence electrons. The van der Waals surface area contributed by atoms with Crippen molar-refractivity contribution in [3.63, 3.8) is 0 Å². The largest absolute Gasteiger partial charge is 0.392 e. The van der Waals surface area contributed by atoms with E-state index < -0.39 is 0 Å². The average Bonchev–Trinajstić information content (AvgIpc) is 2.59. The zero-order valence-electron chi connectivity index (χ0n) is 10.1. The fraction of sp³-hybridized carbons (Fsp3) is 0.385. The lowest BCUT2D eigenvalue weighted by Crippen LogP contribution is -2.13. The van der Waals surface area contributed by atoms with E-state index in [0.717, 1.165) is 16.3 Å². The van der Waals surface area contributed by atoms with E-state index in [9.17, 15) is 5.11 Å². The topological polar surface area (TPSA) is 46.0 Å². The fourth-order valence-corrected chi connectivity index (χ4v) is 2.70. The molecule has 2 aromatic rings. The molecular weight excluding hydrogens is 232 g/mol. The van der Waals surface area contributed by atoms with Crippen LogP contribution in [0.1, 0.15) is 21.1 Å². The third kappa shape index (κ3) is 3.35. The number of pyridine rings is 1. The summed E-state index contributed by atoms with van der Waals surface area (Å²) in [5, 5.41) is 11.0. The van der Waals surface area contributed by atoms with Crippen molar-refractivity contribution in [3.05, 3.63) is 45.7 Å². The summed E-state index contributed by atoms with van der Waals surface area (Å²) >= 11 is 1.67. The first kappa shape index (κ1) is 12.2. The average molecular weight is 248 g/mol. The van der Waals surface area contributed by atoms with Crippen molar-refractivity contribution in [1.29, 1.82) is 0 Å². The van der Waals surface area contributed by atoms with Gasteiger partial charge < -0.3 is 5.11 Å². The van der Waals surface area contributed by atoms with Crippen LogP contribution in [0.4, 0.5) is 0 Å². The lowest BCUT2D eigenvalue weighted by Gasteiger charge is -2.08. The molecule has 1 N–H and O–H groups in total. The molecule has 0 bridgehead atoms. The first-order chi connectivity index (χ1) is 8.15. The highest BCUT2D eigenvalue weighted by molar-refractivity contribution is 7.11. The van der Waals surface area contributed by atoms with Crippen LogP contribution in [0.15, 0.2) is 24.5 Å². The van der Waals surface area contributed by atoms with Gasteiger partial charge in [-0.1, -0.05) is 0 Å². The molecular formula is C13H16N2OS. The number of hydrogen-bond acceptors (Lipinski definition) is 4. The van der Waals surface area contributed by atoms with Gasteiger partial charge >= 0.3 is 0 Å². The van der Waals surface area contributed by atoms with Crippen molar-refractivity contribution >= 4 is 11.3 Å². The van der Waals surface area contributed by atoms with Gasteiger partial charge in [-0.3, -0.25) is 4.98 Å². The maximum atomic E-state index is 10.0. The summed E-state index contributed by atoms with van der Waals surface area (Å²) in [5.74, 6) is 0. The molecule has 0 amide bonds. The van der Waals surface area contributed by atoms with E-state index in [2.05, 4.69) is 16.9 Å². The Morgan fingerprint density at radius 2 is 1.94 bits per heavy atom. The first-order valence-electron chi connectivity index (χ1n) is 5.65.